The topological polar surface area (TPSA) is 46.4 Å². The third-order valence-electron chi connectivity index (χ3n) is 7.27. The Morgan fingerprint density at radius 3 is 2.43 bits per heavy atom. The van der Waals surface area contributed by atoms with Crippen LogP contribution in [0.1, 0.15) is 38.5 Å². The van der Waals surface area contributed by atoms with Crippen LogP contribution in [-0.2, 0) is 11.3 Å². The minimum Gasteiger partial charge on any atom is -0.311 e. The molecule has 0 saturated heterocycles. The van der Waals surface area contributed by atoms with E-state index in [0.29, 0.717) is 6.54 Å². The van der Waals surface area contributed by atoms with Crippen LogP contribution in [0.4, 0.5) is 0 Å². The van der Waals surface area contributed by atoms with Gasteiger partial charge in [0.2, 0.25) is 10.7 Å². The molecule has 1 amide bonds. The molecule has 1 aromatic carbocycles. The molecule has 4 saturated carbocycles. The van der Waals surface area contributed by atoms with Crippen LogP contribution in [0.3, 0.4) is 0 Å². The number of thioether (sulfide) groups is 1. The van der Waals surface area contributed by atoms with Crippen molar-refractivity contribution in [3.8, 4) is 11.3 Å². The van der Waals surface area contributed by atoms with Crippen molar-refractivity contribution >= 4 is 29.0 Å². The van der Waals surface area contributed by atoms with Crippen molar-refractivity contribution < 1.29 is 4.79 Å². The fourth-order valence-electron chi connectivity index (χ4n) is 6.32. The normalized spacial score (nSPS) is 29.9. The van der Waals surface area contributed by atoms with E-state index in [9.17, 15) is 4.79 Å². The molecule has 4 nitrogen and oxygen atoms in total. The first-order chi connectivity index (χ1) is 14.6. The summed E-state index contributed by atoms with van der Waals surface area (Å²) in [5, 5.41) is 6.71. The Morgan fingerprint density at radius 2 is 1.87 bits per heavy atom. The van der Waals surface area contributed by atoms with Crippen molar-refractivity contribution in [2.75, 3.05) is 6.26 Å². The second kappa shape index (κ2) is 8.04. The molecule has 2 aromatic rings. The molecule has 0 spiro atoms. The number of aromatic nitrogens is 1. The summed E-state index contributed by atoms with van der Waals surface area (Å²) in [5.41, 5.74) is 5.06. The minimum atomic E-state index is -0.171. The van der Waals surface area contributed by atoms with E-state index in [4.69, 9.17) is 0 Å². The monoisotopic (exact) mass is 439 g/mol. The van der Waals surface area contributed by atoms with Crippen LogP contribution in [-0.4, -0.2) is 16.7 Å². The van der Waals surface area contributed by atoms with Crippen LogP contribution in [0.2, 0.25) is 0 Å². The number of amides is 1. The van der Waals surface area contributed by atoms with Crippen LogP contribution < -0.4 is 10.2 Å². The maximum Gasteiger partial charge on any atom is 0.246 e. The van der Waals surface area contributed by atoms with Crippen molar-refractivity contribution in [1.29, 1.82) is 0 Å². The van der Waals surface area contributed by atoms with E-state index < -0.39 is 0 Å². The molecule has 4 aliphatic rings. The molecule has 0 aliphatic heterocycles. The number of carbonyl (C=O) groups excluding carboxylic acids is 1. The van der Waals surface area contributed by atoms with Gasteiger partial charge in [0, 0.05) is 16.8 Å². The highest BCUT2D eigenvalue weighted by atomic mass is 32.2. The van der Waals surface area contributed by atoms with Crippen molar-refractivity contribution in [3.63, 3.8) is 0 Å². The number of rotatable bonds is 6. The highest BCUT2D eigenvalue weighted by molar-refractivity contribution is 7.98. The molecule has 4 fully saturated rings. The van der Waals surface area contributed by atoms with E-state index in [1.54, 1.807) is 23.1 Å². The second-order valence-corrected chi connectivity index (χ2v) is 11.0. The molecule has 4 bridgehead atoms. The lowest BCUT2D eigenvalue weighted by Gasteiger charge is -2.55. The van der Waals surface area contributed by atoms with E-state index in [0.717, 1.165) is 53.1 Å². The van der Waals surface area contributed by atoms with Gasteiger partial charge >= 0.3 is 0 Å². The molecule has 30 heavy (non-hydrogen) atoms. The minimum absolute atomic E-state index is 0.144. The molecular weight excluding hydrogens is 410 g/mol. The molecule has 1 heterocycles. The van der Waals surface area contributed by atoms with E-state index >= 15 is 0 Å². The van der Waals surface area contributed by atoms with Gasteiger partial charge < -0.3 is 4.57 Å². The Labute approximate surface area is 186 Å². The Morgan fingerprint density at radius 1 is 1.23 bits per heavy atom. The van der Waals surface area contributed by atoms with Gasteiger partial charge in [0.15, 0.2) is 0 Å². The van der Waals surface area contributed by atoms with Crippen molar-refractivity contribution in [2.45, 2.75) is 50.0 Å². The molecule has 158 valence electrons. The highest BCUT2D eigenvalue weighted by Crippen LogP contribution is 2.60. The van der Waals surface area contributed by atoms with Gasteiger partial charge in [-0.15, -0.1) is 34.8 Å². The van der Waals surface area contributed by atoms with Gasteiger partial charge in [-0.05, 0) is 80.2 Å². The highest BCUT2D eigenvalue weighted by Gasteiger charge is 2.54. The SMILES string of the molecule is C=CCn1c(-c2ccc(SC)cc2)csc1=NNC(=O)C12CC3CC(CC(C3)C1)C2. The van der Waals surface area contributed by atoms with Gasteiger partial charge in [-0.1, -0.05) is 18.2 Å². The van der Waals surface area contributed by atoms with Crippen LogP contribution in [0, 0.1) is 23.2 Å². The Balaban J connectivity index is 1.40. The van der Waals surface area contributed by atoms with Gasteiger partial charge in [0.25, 0.3) is 0 Å². The van der Waals surface area contributed by atoms with Crippen LogP contribution >= 0.6 is 23.1 Å². The maximum absolute atomic E-state index is 13.3. The number of hydrogen-bond acceptors (Lipinski definition) is 4. The summed E-state index contributed by atoms with van der Waals surface area (Å²) < 4.78 is 2.13. The number of benzene rings is 1. The predicted octanol–water partition coefficient (Wildman–Crippen LogP) is 5.27. The summed E-state index contributed by atoms with van der Waals surface area (Å²) in [6, 6.07) is 8.57. The molecule has 0 radical (unpaired) electrons. The first-order valence-electron chi connectivity index (χ1n) is 10.9. The molecule has 1 aromatic heterocycles. The zero-order chi connectivity index (χ0) is 20.7. The fourth-order valence-corrected chi connectivity index (χ4v) is 7.61. The smallest absolute Gasteiger partial charge is 0.246 e. The number of carbonyl (C=O) groups is 1. The van der Waals surface area contributed by atoms with Crippen molar-refractivity contribution in [3.05, 3.63) is 47.1 Å². The Bertz CT molecular complexity index is 983. The van der Waals surface area contributed by atoms with Crippen LogP contribution in [0.5, 0.6) is 0 Å². The second-order valence-electron chi connectivity index (χ2n) is 9.28. The van der Waals surface area contributed by atoms with E-state index in [-0.39, 0.29) is 11.3 Å². The summed E-state index contributed by atoms with van der Waals surface area (Å²) in [6.45, 7) is 4.57. The van der Waals surface area contributed by atoms with Gasteiger partial charge in [-0.25, -0.2) is 5.43 Å². The van der Waals surface area contributed by atoms with Gasteiger partial charge in [0.1, 0.15) is 0 Å². The maximum atomic E-state index is 13.3. The molecule has 6 heteroatoms. The summed E-state index contributed by atoms with van der Waals surface area (Å²) in [7, 11) is 0. The van der Waals surface area contributed by atoms with Crippen molar-refractivity contribution in [1.82, 2.24) is 9.99 Å². The Kier molecular flexibility index (Phi) is 5.40. The summed E-state index contributed by atoms with van der Waals surface area (Å²) in [6.07, 6.45) is 11.2. The molecule has 1 N–H and O–H groups in total. The van der Waals surface area contributed by atoms with Gasteiger partial charge in [0.05, 0.1) is 11.1 Å². The number of allylic oxidation sites excluding steroid dienone is 1. The lowest BCUT2D eigenvalue weighted by Crippen LogP contribution is -2.53. The zero-order valence-corrected chi connectivity index (χ0v) is 19.1. The summed E-state index contributed by atoms with van der Waals surface area (Å²) in [4.78, 5) is 15.3. The van der Waals surface area contributed by atoms with Crippen LogP contribution in [0.25, 0.3) is 11.3 Å². The number of nitrogens with one attached hydrogen (secondary N) is 1. The molecule has 0 atom stereocenters. The first kappa shape index (κ1) is 20.1. The lowest BCUT2D eigenvalue weighted by atomic mass is 9.49. The van der Waals surface area contributed by atoms with E-state index in [2.05, 4.69) is 57.6 Å². The molecule has 0 unspecified atom stereocenters. The summed E-state index contributed by atoms with van der Waals surface area (Å²) >= 11 is 3.31. The molecular formula is C24H29N3OS2. The van der Waals surface area contributed by atoms with Crippen molar-refractivity contribution in [2.24, 2.45) is 28.3 Å². The quantitative estimate of drug-likeness (QED) is 0.378. The Hall–Kier alpha value is -1.79. The first-order valence-corrected chi connectivity index (χ1v) is 13.0. The molecule has 6 rings (SSSR count). The molecule has 4 aliphatic carbocycles. The van der Waals surface area contributed by atoms with E-state index in [1.807, 2.05) is 6.08 Å². The largest absolute Gasteiger partial charge is 0.311 e. The van der Waals surface area contributed by atoms with Gasteiger partial charge in [-0.3, -0.25) is 4.79 Å². The number of nitrogens with zero attached hydrogens (tertiary/aromatic N) is 2. The van der Waals surface area contributed by atoms with Crippen LogP contribution in [0.15, 0.2) is 52.3 Å². The standard InChI is InChI=1S/C24H29N3OS2/c1-3-8-27-21(19-4-6-20(29-2)7-5-19)15-30-23(27)26-25-22(28)24-12-16-9-17(13-24)11-18(10-16)14-24/h3-7,15-18H,1,8-14H2,2H3,(H,25,28). The zero-order valence-electron chi connectivity index (χ0n) is 17.5. The summed E-state index contributed by atoms with van der Waals surface area (Å²) in [5.74, 6) is 2.41. The fraction of sp³-hybridized carbons (Fsp3) is 0.500. The number of hydrogen-bond donors (Lipinski definition) is 1. The predicted molar refractivity (Wildman–Crippen MR) is 124 cm³/mol. The number of thiazole rings is 1. The lowest BCUT2D eigenvalue weighted by molar-refractivity contribution is -0.146. The van der Waals surface area contributed by atoms with Gasteiger partial charge in [-0.2, -0.15) is 0 Å². The third-order valence-corrected chi connectivity index (χ3v) is 8.88. The third kappa shape index (κ3) is 3.58. The average Bonchev–Trinajstić information content (AvgIpc) is 3.14. The average molecular weight is 440 g/mol. The van der Waals surface area contributed by atoms with E-state index in [1.165, 1.54) is 24.2 Å².